The van der Waals surface area contributed by atoms with Gasteiger partial charge in [0.1, 0.15) is 0 Å². The Morgan fingerprint density at radius 2 is 2.13 bits per heavy atom. The number of β-amino-alcohol motifs (C(OH)–C–C–N with tert-alkyl or cyclic N) is 1. The number of aliphatic hydroxyl groups is 1. The molecule has 1 atom stereocenters. The standard InChI is InChI=1S/C13H19NO/c1-10-3-4-12(7-11(10)2)8-14-6-5-13(15)9-14/h3-4,7,13,15H,5-6,8-9H2,1-2H3. The molecule has 15 heavy (non-hydrogen) atoms. The average molecular weight is 205 g/mol. The maximum absolute atomic E-state index is 9.43. The van der Waals surface area contributed by atoms with Crippen molar-refractivity contribution in [2.75, 3.05) is 13.1 Å². The molecule has 1 aromatic carbocycles. The number of rotatable bonds is 2. The second-order valence-corrected chi connectivity index (χ2v) is 4.60. The van der Waals surface area contributed by atoms with E-state index in [1.807, 2.05) is 0 Å². The van der Waals surface area contributed by atoms with Crippen LogP contribution >= 0.6 is 0 Å². The lowest BCUT2D eigenvalue weighted by Crippen LogP contribution is -2.21. The first-order valence-corrected chi connectivity index (χ1v) is 5.61. The highest BCUT2D eigenvalue weighted by molar-refractivity contribution is 5.29. The van der Waals surface area contributed by atoms with Crippen molar-refractivity contribution < 1.29 is 5.11 Å². The van der Waals surface area contributed by atoms with Crippen LogP contribution in [0.1, 0.15) is 23.1 Å². The molecule has 0 amide bonds. The lowest BCUT2D eigenvalue weighted by Gasteiger charge is -2.15. The minimum atomic E-state index is -0.114. The van der Waals surface area contributed by atoms with Gasteiger partial charge in [0, 0.05) is 19.6 Å². The van der Waals surface area contributed by atoms with Crippen LogP contribution in [-0.2, 0) is 6.54 Å². The van der Waals surface area contributed by atoms with Gasteiger partial charge in [-0.1, -0.05) is 18.2 Å². The maximum Gasteiger partial charge on any atom is 0.0679 e. The first-order chi connectivity index (χ1) is 7.15. The predicted molar refractivity (Wildman–Crippen MR) is 61.8 cm³/mol. The van der Waals surface area contributed by atoms with Crippen LogP contribution in [0.3, 0.4) is 0 Å². The molecule has 2 nitrogen and oxygen atoms in total. The van der Waals surface area contributed by atoms with Gasteiger partial charge in [0.25, 0.3) is 0 Å². The predicted octanol–water partition coefficient (Wildman–Crippen LogP) is 1.87. The SMILES string of the molecule is Cc1ccc(CN2CCC(O)C2)cc1C. The molecule has 1 aliphatic heterocycles. The van der Waals surface area contributed by atoms with Crippen molar-refractivity contribution in [3.05, 3.63) is 34.9 Å². The van der Waals surface area contributed by atoms with Gasteiger partial charge in [-0.25, -0.2) is 0 Å². The molecule has 0 aliphatic carbocycles. The highest BCUT2D eigenvalue weighted by Crippen LogP contribution is 2.15. The second-order valence-electron chi connectivity index (χ2n) is 4.60. The summed E-state index contributed by atoms with van der Waals surface area (Å²) in [6.07, 6.45) is 0.807. The van der Waals surface area contributed by atoms with E-state index in [1.54, 1.807) is 0 Å². The third-order valence-electron chi connectivity index (χ3n) is 3.22. The third kappa shape index (κ3) is 2.58. The Kier molecular flexibility index (Phi) is 3.08. The molecule has 1 fully saturated rings. The van der Waals surface area contributed by atoms with Crippen LogP contribution in [0.15, 0.2) is 18.2 Å². The molecule has 0 saturated carbocycles. The highest BCUT2D eigenvalue weighted by Gasteiger charge is 2.19. The summed E-state index contributed by atoms with van der Waals surface area (Å²) in [6, 6.07) is 6.62. The summed E-state index contributed by atoms with van der Waals surface area (Å²) in [5.41, 5.74) is 4.06. The molecule has 1 N–H and O–H groups in total. The average Bonchev–Trinajstić information content (AvgIpc) is 2.58. The van der Waals surface area contributed by atoms with Gasteiger partial charge in [-0.05, 0) is 37.0 Å². The minimum absolute atomic E-state index is 0.114. The summed E-state index contributed by atoms with van der Waals surface area (Å²) in [6.45, 7) is 7.11. The normalized spacial score (nSPS) is 22.2. The van der Waals surface area contributed by atoms with Gasteiger partial charge in [0.05, 0.1) is 6.10 Å². The Bertz CT molecular complexity index is 348. The van der Waals surface area contributed by atoms with E-state index < -0.39 is 0 Å². The van der Waals surface area contributed by atoms with Crippen molar-refractivity contribution >= 4 is 0 Å². The smallest absolute Gasteiger partial charge is 0.0679 e. The first-order valence-electron chi connectivity index (χ1n) is 5.61. The number of hydrogen-bond acceptors (Lipinski definition) is 2. The fourth-order valence-electron chi connectivity index (χ4n) is 2.12. The van der Waals surface area contributed by atoms with E-state index in [4.69, 9.17) is 0 Å². The van der Waals surface area contributed by atoms with Gasteiger partial charge in [0.2, 0.25) is 0 Å². The van der Waals surface area contributed by atoms with E-state index in [2.05, 4.69) is 36.9 Å². The zero-order valence-corrected chi connectivity index (χ0v) is 9.53. The second kappa shape index (κ2) is 4.33. The molecule has 0 spiro atoms. The monoisotopic (exact) mass is 205 g/mol. The van der Waals surface area contributed by atoms with E-state index in [0.29, 0.717) is 0 Å². The van der Waals surface area contributed by atoms with Gasteiger partial charge in [-0.2, -0.15) is 0 Å². The molecule has 1 saturated heterocycles. The summed E-state index contributed by atoms with van der Waals surface area (Å²) in [5, 5.41) is 9.43. The van der Waals surface area contributed by atoms with Crippen molar-refractivity contribution in [3.8, 4) is 0 Å². The molecule has 0 aromatic heterocycles. The molecule has 1 aromatic rings. The highest BCUT2D eigenvalue weighted by atomic mass is 16.3. The van der Waals surface area contributed by atoms with Crippen LogP contribution in [-0.4, -0.2) is 29.2 Å². The lowest BCUT2D eigenvalue weighted by atomic mass is 10.1. The molecule has 0 bridgehead atoms. The Morgan fingerprint density at radius 3 is 2.73 bits per heavy atom. The number of aryl methyl sites for hydroxylation is 2. The van der Waals surface area contributed by atoms with Crippen molar-refractivity contribution in [1.29, 1.82) is 0 Å². The molecular formula is C13H19NO. The summed E-state index contributed by atoms with van der Waals surface area (Å²) >= 11 is 0. The van der Waals surface area contributed by atoms with Crippen LogP contribution < -0.4 is 0 Å². The molecule has 2 rings (SSSR count). The summed E-state index contributed by atoms with van der Waals surface area (Å²) in [4.78, 5) is 2.31. The molecule has 1 aliphatic rings. The van der Waals surface area contributed by atoms with Gasteiger partial charge in [0.15, 0.2) is 0 Å². The lowest BCUT2D eigenvalue weighted by molar-refractivity contribution is 0.175. The quantitative estimate of drug-likeness (QED) is 0.796. The van der Waals surface area contributed by atoms with E-state index >= 15 is 0 Å². The van der Waals surface area contributed by atoms with Crippen LogP contribution in [0.5, 0.6) is 0 Å². The van der Waals surface area contributed by atoms with E-state index in [9.17, 15) is 5.11 Å². The van der Waals surface area contributed by atoms with Crippen molar-refractivity contribution in [2.24, 2.45) is 0 Å². The van der Waals surface area contributed by atoms with Gasteiger partial charge in [-0.15, -0.1) is 0 Å². The Hall–Kier alpha value is -0.860. The molecule has 1 unspecified atom stereocenters. The molecule has 2 heteroatoms. The fraction of sp³-hybridized carbons (Fsp3) is 0.538. The Morgan fingerprint density at radius 1 is 1.33 bits per heavy atom. The first kappa shape index (κ1) is 10.7. The summed E-state index contributed by atoms with van der Waals surface area (Å²) < 4.78 is 0. The topological polar surface area (TPSA) is 23.5 Å². The van der Waals surface area contributed by atoms with E-state index in [0.717, 1.165) is 26.1 Å². The number of benzene rings is 1. The van der Waals surface area contributed by atoms with E-state index in [1.165, 1.54) is 16.7 Å². The summed E-state index contributed by atoms with van der Waals surface area (Å²) in [5.74, 6) is 0. The molecule has 1 heterocycles. The maximum atomic E-state index is 9.43. The zero-order valence-electron chi connectivity index (χ0n) is 9.53. The number of hydrogen-bond donors (Lipinski definition) is 1. The van der Waals surface area contributed by atoms with Gasteiger partial charge in [-0.3, -0.25) is 4.90 Å². The van der Waals surface area contributed by atoms with Crippen LogP contribution in [0.2, 0.25) is 0 Å². The number of aliphatic hydroxyl groups excluding tert-OH is 1. The van der Waals surface area contributed by atoms with Crippen LogP contribution in [0, 0.1) is 13.8 Å². The summed E-state index contributed by atoms with van der Waals surface area (Å²) in [7, 11) is 0. The largest absolute Gasteiger partial charge is 0.392 e. The van der Waals surface area contributed by atoms with Crippen molar-refractivity contribution in [2.45, 2.75) is 32.9 Å². The minimum Gasteiger partial charge on any atom is -0.392 e. The molecule has 82 valence electrons. The number of nitrogens with zero attached hydrogens (tertiary/aromatic N) is 1. The zero-order chi connectivity index (χ0) is 10.8. The van der Waals surface area contributed by atoms with Crippen molar-refractivity contribution in [1.82, 2.24) is 4.90 Å². The Balaban J connectivity index is 2.02. The van der Waals surface area contributed by atoms with Crippen molar-refractivity contribution in [3.63, 3.8) is 0 Å². The number of likely N-dealkylation sites (tertiary alicyclic amines) is 1. The van der Waals surface area contributed by atoms with E-state index in [-0.39, 0.29) is 6.10 Å². The molecule has 0 radical (unpaired) electrons. The van der Waals surface area contributed by atoms with Crippen LogP contribution in [0.25, 0.3) is 0 Å². The van der Waals surface area contributed by atoms with Gasteiger partial charge < -0.3 is 5.11 Å². The van der Waals surface area contributed by atoms with Crippen LogP contribution in [0.4, 0.5) is 0 Å². The third-order valence-corrected chi connectivity index (χ3v) is 3.22. The fourth-order valence-corrected chi connectivity index (χ4v) is 2.12. The van der Waals surface area contributed by atoms with Gasteiger partial charge >= 0.3 is 0 Å². The Labute approximate surface area is 91.5 Å². The molecular weight excluding hydrogens is 186 g/mol.